The van der Waals surface area contributed by atoms with Crippen LogP contribution in [-0.2, 0) is 52.4 Å². The number of fused-ring (bicyclic) bond motifs is 2. The zero-order chi connectivity index (χ0) is 40.1. The number of nitrogens with two attached hydrogens (primary N) is 1. The molecule has 0 saturated carbocycles. The van der Waals surface area contributed by atoms with E-state index in [1.165, 1.54) is 33.1 Å². The smallest absolute Gasteiger partial charge is 0.437 e. The molecule has 0 aliphatic heterocycles. The molecule has 2 aromatic carbocycles. The average Bonchev–Trinajstić information content (AvgIpc) is 3.69. The van der Waals surface area contributed by atoms with Crippen molar-refractivity contribution in [3.8, 4) is 11.5 Å². The van der Waals surface area contributed by atoms with Gasteiger partial charge in [-0.15, -0.1) is 0 Å². The Balaban J connectivity index is 0.000000286. The zero-order valence-corrected chi connectivity index (χ0v) is 31.4. The van der Waals surface area contributed by atoms with Gasteiger partial charge < -0.3 is 29.0 Å². The molecule has 4 rings (SSSR count). The van der Waals surface area contributed by atoms with Gasteiger partial charge in [0, 0.05) is 11.1 Å². The van der Waals surface area contributed by atoms with Gasteiger partial charge in [0.05, 0.1) is 17.9 Å². The second-order valence-electron chi connectivity index (χ2n) is 13.6. The molecule has 10 nitrogen and oxygen atoms in total. The van der Waals surface area contributed by atoms with Gasteiger partial charge in [-0.25, -0.2) is 4.79 Å². The molecule has 0 bridgehead atoms. The van der Waals surface area contributed by atoms with E-state index >= 15 is 0 Å². The van der Waals surface area contributed by atoms with Crippen LogP contribution in [0.2, 0.25) is 0 Å². The lowest BCUT2D eigenvalue weighted by Gasteiger charge is -2.27. The highest BCUT2D eigenvalue weighted by Crippen LogP contribution is 2.43. The fourth-order valence-corrected chi connectivity index (χ4v) is 5.75. The lowest BCUT2D eigenvalue weighted by atomic mass is 9.97. The Kier molecular flexibility index (Phi) is 13.5. The van der Waals surface area contributed by atoms with Crippen LogP contribution in [0.3, 0.4) is 0 Å². The highest BCUT2D eigenvalue weighted by atomic mass is 19.4. The van der Waals surface area contributed by atoms with Gasteiger partial charge in [0.25, 0.3) is 5.91 Å². The predicted octanol–water partition coefficient (Wildman–Crippen LogP) is 9.48. The molecule has 294 valence electrons. The molecule has 2 aromatic heterocycles. The van der Waals surface area contributed by atoms with Gasteiger partial charge in [0.2, 0.25) is 0 Å². The summed E-state index contributed by atoms with van der Waals surface area (Å²) in [6.07, 6.45) is -4.73. The number of alkyl halides is 6. The van der Waals surface area contributed by atoms with Crippen LogP contribution in [0.1, 0.15) is 115 Å². The second kappa shape index (κ2) is 16.7. The van der Waals surface area contributed by atoms with Gasteiger partial charge in [-0.05, 0) is 76.6 Å². The van der Waals surface area contributed by atoms with Crippen LogP contribution in [0.15, 0.2) is 21.2 Å². The number of nitrogens with zero attached hydrogens (tertiary/aromatic N) is 2. The summed E-state index contributed by atoms with van der Waals surface area (Å²) < 4.78 is 106. The van der Waals surface area contributed by atoms with Crippen molar-refractivity contribution in [2.75, 3.05) is 7.11 Å². The fraction of sp³-hybridized carbons (Fsp3) is 0.568. The predicted molar refractivity (Wildman–Crippen MR) is 185 cm³/mol. The normalized spacial score (nSPS) is 12.5. The molecule has 0 spiro atoms. The monoisotopic (exact) mass is 759 g/mol. The first-order valence-electron chi connectivity index (χ1n) is 17.4. The lowest BCUT2D eigenvalue weighted by Crippen LogP contribution is -2.43. The highest BCUT2D eigenvalue weighted by molar-refractivity contribution is 5.88. The summed E-state index contributed by atoms with van der Waals surface area (Å²) in [5.74, 6) is -0.529. The van der Waals surface area contributed by atoms with Crippen molar-refractivity contribution < 1.29 is 59.2 Å². The average molecular weight is 760 g/mol. The van der Waals surface area contributed by atoms with E-state index in [1.807, 2.05) is 27.7 Å². The number of hydrogen-bond acceptors (Lipinski definition) is 9. The van der Waals surface area contributed by atoms with E-state index in [1.54, 1.807) is 13.8 Å². The Morgan fingerprint density at radius 1 is 0.660 bits per heavy atom. The summed E-state index contributed by atoms with van der Waals surface area (Å²) in [4.78, 5) is 23.7. The maximum absolute atomic E-state index is 13.3. The summed E-state index contributed by atoms with van der Waals surface area (Å²) in [5, 5.41) is 6.31. The van der Waals surface area contributed by atoms with E-state index in [-0.39, 0.29) is 21.9 Å². The number of esters is 1. The maximum Gasteiger partial charge on any atom is 0.437 e. The Morgan fingerprint density at radius 2 is 1.02 bits per heavy atom. The molecule has 0 atom stereocenters. The molecule has 2 heterocycles. The van der Waals surface area contributed by atoms with E-state index in [0.717, 1.165) is 0 Å². The van der Waals surface area contributed by atoms with Crippen LogP contribution >= 0.6 is 0 Å². The summed E-state index contributed by atoms with van der Waals surface area (Å²) in [5.41, 5.74) is 2.87. The Morgan fingerprint density at radius 3 is 1.32 bits per heavy atom. The lowest BCUT2D eigenvalue weighted by molar-refractivity contribution is -0.156. The molecule has 0 aliphatic carbocycles. The molecule has 1 amide bonds. The first-order valence-corrected chi connectivity index (χ1v) is 17.4. The van der Waals surface area contributed by atoms with Crippen LogP contribution in [0.5, 0.6) is 11.5 Å². The van der Waals surface area contributed by atoms with Crippen molar-refractivity contribution >= 4 is 33.8 Å². The fourth-order valence-electron chi connectivity index (χ4n) is 5.75. The van der Waals surface area contributed by atoms with Crippen molar-refractivity contribution in [2.45, 2.75) is 130 Å². The number of hydrogen-bond donors (Lipinski definition) is 1. The molecule has 0 radical (unpaired) electrons. The summed E-state index contributed by atoms with van der Waals surface area (Å²) in [7, 11) is 1.25. The SMILES string of the molecule is CCCc1cc2c(C(F)(F)F)noc2c(CCC)c1OC(C)(C)C(=O)OC.CCCc1cc2c(C(F)(F)F)noc2c(CCC)c1OC(C)(C)C(N)=O. The van der Waals surface area contributed by atoms with Crippen molar-refractivity contribution in [3.05, 3.63) is 45.8 Å². The molecule has 0 saturated heterocycles. The second-order valence-corrected chi connectivity index (χ2v) is 13.6. The van der Waals surface area contributed by atoms with Crippen LogP contribution in [0, 0.1) is 0 Å². The number of rotatable bonds is 14. The number of halogens is 6. The number of carbonyl (C=O) groups is 2. The van der Waals surface area contributed by atoms with Gasteiger partial charge >= 0.3 is 18.3 Å². The zero-order valence-electron chi connectivity index (χ0n) is 31.4. The number of primary amides is 1. The third-order valence-corrected chi connectivity index (χ3v) is 8.33. The third-order valence-electron chi connectivity index (χ3n) is 8.33. The van der Waals surface area contributed by atoms with Crippen LogP contribution < -0.4 is 15.2 Å². The number of methoxy groups -OCH3 is 1. The number of aromatic nitrogens is 2. The van der Waals surface area contributed by atoms with Gasteiger partial charge in [-0.3, -0.25) is 4.79 Å². The number of aryl methyl sites for hydroxylation is 4. The summed E-state index contributed by atoms with van der Waals surface area (Å²) >= 11 is 0. The van der Waals surface area contributed by atoms with Crippen molar-refractivity contribution in [3.63, 3.8) is 0 Å². The minimum atomic E-state index is -4.62. The molecular weight excluding hydrogens is 712 g/mol. The van der Waals surface area contributed by atoms with Crippen molar-refractivity contribution in [1.29, 1.82) is 0 Å². The molecule has 0 unspecified atom stereocenters. The molecule has 4 aromatic rings. The number of carbonyl (C=O) groups excluding carboxylic acids is 2. The Bertz CT molecular complexity index is 1910. The van der Waals surface area contributed by atoms with E-state index in [9.17, 15) is 35.9 Å². The van der Waals surface area contributed by atoms with Gasteiger partial charge in [0.1, 0.15) is 11.5 Å². The standard InChI is InChI=1S/C19H24F3NO4.C18H23F3N2O3/c1-6-8-11-10-13-15(27-23-16(13)19(20,21)22)12(9-7-2)14(11)26-18(3,4)17(24)25-5;1-5-7-10-9-12-14(26-23-15(12)18(19,20)21)11(8-6-2)13(10)25-17(3,4)16(22)24/h10H,6-9H2,1-5H3;9H,5-8H2,1-4H3,(H2,22,24). The highest BCUT2D eigenvalue weighted by Gasteiger charge is 2.41. The van der Waals surface area contributed by atoms with Gasteiger partial charge in [-0.1, -0.05) is 63.7 Å². The minimum Gasteiger partial charge on any atom is -0.477 e. The van der Waals surface area contributed by atoms with E-state index in [0.29, 0.717) is 85.1 Å². The minimum absolute atomic E-state index is 0.0364. The van der Waals surface area contributed by atoms with E-state index in [2.05, 4.69) is 10.3 Å². The summed E-state index contributed by atoms with van der Waals surface area (Å²) in [6, 6.07) is 2.80. The van der Waals surface area contributed by atoms with E-state index < -0.39 is 46.8 Å². The van der Waals surface area contributed by atoms with Crippen LogP contribution in [-0.4, -0.2) is 40.5 Å². The van der Waals surface area contributed by atoms with E-state index in [4.69, 9.17) is 29.0 Å². The number of benzene rings is 2. The maximum atomic E-state index is 13.3. The molecule has 0 aliphatic rings. The van der Waals surface area contributed by atoms with Crippen LogP contribution in [0.25, 0.3) is 21.9 Å². The first-order chi connectivity index (χ1) is 24.6. The summed E-state index contributed by atoms with van der Waals surface area (Å²) in [6.45, 7) is 13.8. The Hall–Kier alpha value is -4.50. The number of ether oxygens (including phenoxy) is 3. The molecular formula is C37H47F6N3O7. The van der Waals surface area contributed by atoms with Crippen molar-refractivity contribution in [2.24, 2.45) is 5.73 Å². The quantitative estimate of drug-likeness (QED) is 0.0984. The number of amides is 1. The van der Waals surface area contributed by atoms with Gasteiger partial charge in [0.15, 0.2) is 33.8 Å². The Labute approximate surface area is 303 Å². The van der Waals surface area contributed by atoms with Gasteiger partial charge in [-0.2, -0.15) is 26.3 Å². The molecule has 2 N–H and O–H groups in total. The largest absolute Gasteiger partial charge is 0.477 e. The first kappa shape index (κ1) is 42.9. The third kappa shape index (κ3) is 9.55. The van der Waals surface area contributed by atoms with Crippen molar-refractivity contribution in [1.82, 2.24) is 10.3 Å². The molecule has 0 fully saturated rings. The topological polar surface area (TPSA) is 140 Å². The molecule has 53 heavy (non-hydrogen) atoms. The molecule has 16 heteroatoms. The van der Waals surface area contributed by atoms with Crippen LogP contribution in [0.4, 0.5) is 26.3 Å².